The lowest BCUT2D eigenvalue weighted by molar-refractivity contribution is -0.131. The third-order valence-electron chi connectivity index (χ3n) is 5.69. The lowest BCUT2D eigenvalue weighted by atomic mass is 9.83. The molecule has 1 aromatic heterocycles. The van der Waals surface area contributed by atoms with Gasteiger partial charge in [-0.05, 0) is 43.5 Å². The Morgan fingerprint density at radius 3 is 2.73 bits per heavy atom. The summed E-state index contributed by atoms with van der Waals surface area (Å²) in [6.07, 6.45) is 0.316. The summed E-state index contributed by atoms with van der Waals surface area (Å²) in [6.45, 7) is 8.05. The van der Waals surface area contributed by atoms with Gasteiger partial charge < -0.3 is 10.6 Å². The van der Waals surface area contributed by atoms with Gasteiger partial charge in [-0.1, -0.05) is 26.0 Å². The summed E-state index contributed by atoms with van der Waals surface area (Å²) in [7, 11) is 0. The summed E-state index contributed by atoms with van der Waals surface area (Å²) in [5.74, 6) is -0.418. The largest absolute Gasteiger partial charge is 0.350 e. The fraction of sp³-hybridized carbons (Fsp3) is 0.409. The molecule has 1 aromatic carbocycles. The van der Waals surface area contributed by atoms with Gasteiger partial charge in [0.2, 0.25) is 5.91 Å². The van der Waals surface area contributed by atoms with Gasteiger partial charge in [0.1, 0.15) is 5.82 Å². The van der Waals surface area contributed by atoms with Crippen LogP contribution in [0.3, 0.4) is 0 Å². The van der Waals surface area contributed by atoms with E-state index >= 15 is 0 Å². The van der Waals surface area contributed by atoms with E-state index in [2.05, 4.69) is 10.6 Å². The summed E-state index contributed by atoms with van der Waals surface area (Å²) < 4.78 is 13.4. The molecule has 3 rings (SSSR count). The molecule has 6 nitrogen and oxygen atoms in total. The van der Waals surface area contributed by atoms with Crippen molar-refractivity contribution in [3.05, 3.63) is 57.5 Å². The Labute approximate surface area is 180 Å². The molecular formula is C22H27FN4O2S. The van der Waals surface area contributed by atoms with E-state index < -0.39 is 5.54 Å². The first-order valence-electron chi connectivity index (χ1n) is 9.90. The Balaban J connectivity index is 1.64. The normalized spacial score (nSPS) is 20.3. The van der Waals surface area contributed by atoms with Crippen molar-refractivity contribution in [2.75, 3.05) is 0 Å². The van der Waals surface area contributed by atoms with E-state index in [1.54, 1.807) is 30.5 Å². The van der Waals surface area contributed by atoms with Crippen molar-refractivity contribution in [3.8, 4) is 0 Å². The predicted molar refractivity (Wildman–Crippen MR) is 116 cm³/mol. The number of halogens is 1. The van der Waals surface area contributed by atoms with Crippen LogP contribution in [0.4, 0.5) is 4.39 Å². The number of amides is 2. The van der Waals surface area contributed by atoms with Gasteiger partial charge in [-0.25, -0.2) is 4.39 Å². The van der Waals surface area contributed by atoms with Crippen LogP contribution in [0.5, 0.6) is 0 Å². The van der Waals surface area contributed by atoms with E-state index in [4.69, 9.17) is 5.41 Å². The van der Waals surface area contributed by atoms with E-state index in [-0.39, 0.29) is 42.1 Å². The molecule has 0 bridgehead atoms. The second-order valence-electron chi connectivity index (χ2n) is 8.25. The number of guanidine groups is 1. The predicted octanol–water partition coefficient (Wildman–Crippen LogP) is 4.05. The molecule has 2 heterocycles. The SMILES string of the molecule is CC(C)[C@]1(C)CC(=O)N(Cc2cc(C(=O)N[C@@H](C)c3cccc(F)c3)cs2)C(=N)N1. The van der Waals surface area contributed by atoms with Crippen LogP contribution in [0, 0.1) is 17.1 Å². The zero-order valence-electron chi connectivity index (χ0n) is 17.6. The number of thiophene rings is 1. The van der Waals surface area contributed by atoms with Crippen molar-refractivity contribution >= 4 is 29.1 Å². The molecule has 0 unspecified atom stereocenters. The zero-order valence-corrected chi connectivity index (χ0v) is 18.4. The highest BCUT2D eigenvalue weighted by atomic mass is 32.1. The van der Waals surface area contributed by atoms with E-state index in [0.29, 0.717) is 17.5 Å². The molecule has 2 amide bonds. The molecule has 1 aliphatic rings. The van der Waals surface area contributed by atoms with Crippen LogP contribution in [0.1, 0.15) is 61.0 Å². The maximum absolute atomic E-state index is 13.4. The molecule has 0 saturated carbocycles. The number of nitrogens with one attached hydrogen (secondary N) is 3. The highest BCUT2D eigenvalue weighted by molar-refractivity contribution is 7.10. The van der Waals surface area contributed by atoms with E-state index in [1.807, 2.05) is 20.8 Å². The van der Waals surface area contributed by atoms with Crippen molar-refractivity contribution in [2.24, 2.45) is 5.92 Å². The van der Waals surface area contributed by atoms with Gasteiger partial charge in [0.05, 0.1) is 24.6 Å². The smallest absolute Gasteiger partial charge is 0.252 e. The number of hydrogen-bond acceptors (Lipinski definition) is 4. The molecule has 0 aliphatic carbocycles. The second kappa shape index (κ2) is 8.55. The summed E-state index contributed by atoms with van der Waals surface area (Å²) >= 11 is 1.37. The van der Waals surface area contributed by atoms with Crippen molar-refractivity contribution in [2.45, 2.75) is 52.2 Å². The van der Waals surface area contributed by atoms with Crippen LogP contribution < -0.4 is 10.6 Å². The summed E-state index contributed by atoms with van der Waals surface area (Å²) in [5.41, 5.74) is 0.734. The lowest BCUT2D eigenvalue weighted by Crippen LogP contribution is -2.62. The van der Waals surface area contributed by atoms with Crippen LogP contribution in [0.2, 0.25) is 0 Å². The average molecular weight is 431 g/mol. The fourth-order valence-corrected chi connectivity index (χ4v) is 4.16. The van der Waals surface area contributed by atoms with Gasteiger partial charge in [0.15, 0.2) is 5.96 Å². The Hall–Kier alpha value is -2.74. The highest BCUT2D eigenvalue weighted by Crippen LogP contribution is 2.27. The van der Waals surface area contributed by atoms with E-state index in [9.17, 15) is 14.0 Å². The first-order chi connectivity index (χ1) is 14.1. The van der Waals surface area contributed by atoms with E-state index in [1.165, 1.54) is 28.4 Å². The molecule has 0 radical (unpaired) electrons. The van der Waals surface area contributed by atoms with Gasteiger partial charge in [0, 0.05) is 15.8 Å². The van der Waals surface area contributed by atoms with Crippen molar-refractivity contribution in [3.63, 3.8) is 0 Å². The maximum Gasteiger partial charge on any atom is 0.252 e. The van der Waals surface area contributed by atoms with Crippen LogP contribution in [0.25, 0.3) is 0 Å². The minimum atomic E-state index is -0.432. The minimum absolute atomic E-state index is 0.0848. The third-order valence-corrected chi connectivity index (χ3v) is 6.62. The molecule has 1 saturated heterocycles. The number of hydrogen-bond donors (Lipinski definition) is 3. The number of nitrogens with zero attached hydrogens (tertiary/aromatic N) is 1. The van der Waals surface area contributed by atoms with Gasteiger partial charge in [-0.3, -0.25) is 19.9 Å². The van der Waals surface area contributed by atoms with Crippen LogP contribution in [-0.2, 0) is 11.3 Å². The van der Waals surface area contributed by atoms with Crippen molar-refractivity contribution < 1.29 is 14.0 Å². The molecule has 160 valence electrons. The van der Waals surface area contributed by atoms with Crippen LogP contribution in [-0.4, -0.2) is 28.2 Å². The molecule has 30 heavy (non-hydrogen) atoms. The van der Waals surface area contributed by atoms with Crippen molar-refractivity contribution in [1.29, 1.82) is 5.41 Å². The zero-order chi connectivity index (χ0) is 22.1. The average Bonchev–Trinajstić information content (AvgIpc) is 3.13. The summed E-state index contributed by atoms with van der Waals surface area (Å²) in [4.78, 5) is 27.4. The first-order valence-corrected chi connectivity index (χ1v) is 10.8. The number of carbonyl (C=O) groups is 2. The van der Waals surface area contributed by atoms with Gasteiger partial charge >= 0.3 is 0 Å². The topological polar surface area (TPSA) is 85.3 Å². The standard InChI is InChI=1S/C22H27FN4O2S/c1-13(2)22(4)10-19(28)27(21(24)26-22)11-18-9-16(12-30-18)20(29)25-14(3)15-6-5-7-17(23)8-15/h5-9,12-14H,10-11H2,1-4H3,(H2,24,26)(H,25,29)/t14-,22-/m0/s1. The quantitative estimate of drug-likeness (QED) is 0.646. The monoisotopic (exact) mass is 430 g/mol. The Kier molecular flexibility index (Phi) is 6.26. The van der Waals surface area contributed by atoms with Gasteiger partial charge in [0.25, 0.3) is 5.91 Å². The van der Waals surface area contributed by atoms with Gasteiger partial charge in [-0.15, -0.1) is 11.3 Å². The molecule has 2 aromatic rings. The van der Waals surface area contributed by atoms with Crippen molar-refractivity contribution in [1.82, 2.24) is 15.5 Å². The third kappa shape index (κ3) is 4.70. The maximum atomic E-state index is 13.4. The van der Waals surface area contributed by atoms with Crippen LogP contribution in [0.15, 0.2) is 35.7 Å². The molecule has 0 spiro atoms. The Morgan fingerprint density at radius 1 is 1.37 bits per heavy atom. The first kappa shape index (κ1) is 22.0. The Morgan fingerprint density at radius 2 is 2.10 bits per heavy atom. The molecule has 2 atom stereocenters. The molecule has 8 heteroatoms. The lowest BCUT2D eigenvalue weighted by Gasteiger charge is -2.43. The Bertz CT molecular complexity index is 954. The highest BCUT2D eigenvalue weighted by Gasteiger charge is 2.40. The molecule has 3 N–H and O–H groups in total. The van der Waals surface area contributed by atoms with E-state index in [0.717, 1.165) is 4.88 Å². The molecule has 1 fully saturated rings. The fourth-order valence-electron chi connectivity index (χ4n) is 3.31. The number of carbonyl (C=O) groups excluding carboxylic acids is 2. The summed E-state index contributed by atoms with van der Waals surface area (Å²) in [5, 5.41) is 16.0. The minimum Gasteiger partial charge on any atom is -0.350 e. The van der Waals surface area contributed by atoms with Gasteiger partial charge in [-0.2, -0.15) is 0 Å². The molecular weight excluding hydrogens is 403 g/mol. The number of benzene rings is 1. The second-order valence-corrected chi connectivity index (χ2v) is 9.25. The summed E-state index contributed by atoms with van der Waals surface area (Å²) in [6, 6.07) is 7.52. The molecule has 1 aliphatic heterocycles. The van der Waals surface area contributed by atoms with Crippen LogP contribution >= 0.6 is 11.3 Å². The number of rotatable bonds is 6.